The zero-order chi connectivity index (χ0) is 21.4. The molecule has 1 N–H and O–H groups in total. The predicted molar refractivity (Wildman–Crippen MR) is 110 cm³/mol. The Bertz CT molecular complexity index is 830. The Hall–Kier alpha value is -3.15. The zero-order valence-corrected chi connectivity index (χ0v) is 17.2. The average Bonchev–Trinajstić information content (AvgIpc) is 2.71. The molecule has 0 aromatic heterocycles. The van der Waals surface area contributed by atoms with Crippen molar-refractivity contribution in [3.8, 4) is 5.75 Å². The Labute approximate surface area is 171 Å². The van der Waals surface area contributed by atoms with Crippen molar-refractivity contribution in [2.75, 3.05) is 7.11 Å². The van der Waals surface area contributed by atoms with Crippen LogP contribution in [0.4, 0.5) is 0 Å². The smallest absolute Gasteiger partial charge is 0.329 e. The van der Waals surface area contributed by atoms with Gasteiger partial charge in [0.15, 0.2) is 6.10 Å². The molecule has 0 fully saturated rings. The third kappa shape index (κ3) is 6.45. The van der Waals surface area contributed by atoms with Gasteiger partial charge in [-0.25, -0.2) is 4.79 Å². The maximum absolute atomic E-state index is 12.6. The molecule has 0 saturated heterocycles. The molecule has 6 heteroatoms. The molecule has 6 nitrogen and oxygen atoms in total. The summed E-state index contributed by atoms with van der Waals surface area (Å²) in [6, 6.07) is 15.0. The van der Waals surface area contributed by atoms with Gasteiger partial charge in [-0.05, 0) is 42.7 Å². The van der Waals surface area contributed by atoms with Crippen molar-refractivity contribution >= 4 is 17.7 Å². The SMILES string of the molecule is COc1ccc(C(=O)[C@H](C)OC(=O)[C@@H](NC(=O)Cc2ccccc2)C(C)C)cc1. The van der Waals surface area contributed by atoms with Crippen molar-refractivity contribution in [3.63, 3.8) is 0 Å². The van der Waals surface area contributed by atoms with Crippen LogP contribution in [0.3, 0.4) is 0 Å². The highest BCUT2D eigenvalue weighted by molar-refractivity contribution is 6.00. The first-order valence-corrected chi connectivity index (χ1v) is 9.54. The summed E-state index contributed by atoms with van der Waals surface area (Å²) in [4.78, 5) is 37.5. The van der Waals surface area contributed by atoms with Gasteiger partial charge in [-0.3, -0.25) is 9.59 Å². The number of benzene rings is 2. The molecule has 0 unspecified atom stereocenters. The van der Waals surface area contributed by atoms with Crippen molar-refractivity contribution in [3.05, 3.63) is 65.7 Å². The van der Waals surface area contributed by atoms with E-state index in [4.69, 9.17) is 9.47 Å². The molecule has 2 aromatic carbocycles. The Morgan fingerprint density at radius 3 is 2.10 bits per heavy atom. The van der Waals surface area contributed by atoms with Crippen LogP contribution in [0.5, 0.6) is 5.75 Å². The number of esters is 1. The van der Waals surface area contributed by atoms with Gasteiger partial charge in [0.05, 0.1) is 13.5 Å². The third-order valence-electron chi connectivity index (χ3n) is 4.48. The van der Waals surface area contributed by atoms with Gasteiger partial charge in [-0.15, -0.1) is 0 Å². The first-order chi connectivity index (χ1) is 13.8. The lowest BCUT2D eigenvalue weighted by Crippen LogP contribution is -2.47. The Balaban J connectivity index is 1.98. The number of carbonyl (C=O) groups is 3. The number of methoxy groups -OCH3 is 1. The number of nitrogens with one attached hydrogen (secondary N) is 1. The van der Waals surface area contributed by atoms with E-state index in [1.54, 1.807) is 31.4 Å². The van der Waals surface area contributed by atoms with Crippen molar-refractivity contribution in [2.45, 2.75) is 39.3 Å². The lowest BCUT2D eigenvalue weighted by Gasteiger charge is -2.23. The van der Waals surface area contributed by atoms with Gasteiger partial charge in [0.2, 0.25) is 11.7 Å². The number of amides is 1. The van der Waals surface area contributed by atoms with Crippen molar-refractivity contribution in [1.82, 2.24) is 5.32 Å². The molecule has 0 aliphatic heterocycles. The lowest BCUT2D eigenvalue weighted by molar-refractivity contribution is -0.151. The second-order valence-electron chi connectivity index (χ2n) is 7.12. The van der Waals surface area contributed by atoms with Crippen LogP contribution in [0.15, 0.2) is 54.6 Å². The highest BCUT2D eigenvalue weighted by Crippen LogP contribution is 2.15. The summed E-state index contributed by atoms with van der Waals surface area (Å²) < 4.78 is 10.4. The monoisotopic (exact) mass is 397 g/mol. The van der Waals surface area contributed by atoms with E-state index in [2.05, 4.69) is 5.32 Å². The predicted octanol–water partition coefficient (Wildman–Crippen LogP) is 3.19. The van der Waals surface area contributed by atoms with Gasteiger partial charge in [-0.2, -0.15) is 0 Å². The Morgan fingerprint density at radius 2 is 1.55 bits per heavy atom. The number of ketones is 1. The van der Waals surface area contributed by atoms with Crippen LogP contribution < -0.4 is 10.1 Å². The molecule has 0 heterocycles. The molecule has 29 heavy (non-hydrogen) atoms. The average molecular weight is 397 g/mol. The Morgan fingerprint density at radius 1 is 0.931 bits per heavy atom. The lowest BCUT2D eigenvalue weighted by atomic mass is 10.0. The molecular formula is C23H27NO5. The van der Waals surface area contributed by atoms with Gasteiger partial charge in [0.1, 0.15) is 11.8 Å². The summed E-state index contributed by atoms with van der Waals surface area (Å²) in [5, 5.41) is 2.72. The number of hydrogen-bond donors (Lipinski definition) is 1. The van der Waals surface area contributed by atoms with Crippen LogP contribution in [0.1, 0.15) is 36.7 Å². The summed E-state index contributed by atoms with van der Waals surface area (Å²) in [6.07, 6.45) is -0.805. The van der Waals surface area contributed by atoms with Gasteiger partial charge in [0, 0.05) is 5.56 Å². The summed E-state index contributed by atoms with van der Waals surface area (Å²) in [7, 11) is 1.54. The molecule has 2 rings (SSSR count). The fourth-order valence-corrected chi connectivity index (χ4v) is 2.79. The normalized spacial score (nSPS) is 12.7. The first-order valence-electron chi connectivity index (χ1n) is 9.54. The van der Waals surface area contributed by atoms with Crippen LogP contribution in [-0.2, 0) is 20.7 Å². The zero-order valence-electron chi connectivity index (χ0n) is 17.2. The van der Waals surface area contributed by atoms with Crippen molar-refractivity contribution in [2.24, 2.45) is 5.92 Å². The largest absolute Gasteiger partial charge is 0.497 e. The molecule has 0 spiro atoms. The molecule has 0 saturated carbocycles. The highest BCUT2D eigenvalue weighted by Gasteiger charge is 2.29. The van der Waals surface area contributed by atoms with Crippen molar-refractivity contribution < 1.29 is 23.9 Å². The van der Waals surface area contributed by atoms with Crippen LogP contribution in [0.2, 0.25) is 0 Å². The van der Waals surface area contributed by atoms with Crippen LogP contribution >= 0.6 is 0 Å². The third-order valence-corrected chi connectivity index (χ3v) is 4.48. The van der Waals surface area contributed by atoms with Gasteiger partial charge >= 0.3 is 5.97 Å². The summed E-state index contributed by atoms with van der Waals surface area (Å²) >= 11 is 0. The molecule has 1 amide bonds. The molecule has 154 valence electrons. The minimum atomic E-state index is -0.969. The molecule has 0 radical (unpaired) electrons. The number of hydrogen-bond acceptors (Lipinski definition) is 5. The van der Waals surface area contributed by atoms with Crippen LogP contribution in [0.25, 0.3) is 0 Å². The van der Waals surface area contributed by atoms with E-state index in [0.717, 1.165) is 5.56 Å². The minimum Gasteiger partial charge on any atom is -0.497 e. The van der Waals surface area contributed by atoms with Crippen LogP contribution in [-0.4, -0.2) is 36.9 Å². The van der Waals surface area contributed by atoms with Crippen molar-refractivity contribution in [1.29, 1.82) is 0 Å². The maximum Gasteiger partial charge on any atom is 0.329 e. The standard InChI is InChI=1S/C23H27NO5/c1-15(2)21(24-20(25)14-17-8-6-5-7-9-17)23(27)29-16(3)22(26)18-10-12-19(28-4)13-11-18/h5-13,15-16,21H,14H2,1-4H3,(H,24,25)/t16-,21-/m0/s1. The van der Waals surface area contributed by atoms with E-state index in [-0.39, 0.29) is 24.0 Å². The number of rotatable bonds is 9. The summed E-state index contributed by atoms with van der Waals surface area (Å²) in [5.41, 5.74) is 1.27. The fraction of sp³-hybridized carbons (Fsp3) is 0.348. The quantitative estimate of drug-likeness (QED) is 0.519. The van der Waals surface area contributed by atoms with E-state index in [9.17, 15) is 14.4 Å². The second-order valence-corrected chi connectivity index (χ2v) is 7.12. The molecule has 0 bridgehead atoms. The summed E-state index contributed by atoms with van der Waals surface area (Å²) in [5.74, 6) is -0.784. The minimum absolute atomic E-state index is 0.164. The molecule has 2 atom stereocenters. The van der Waals surface area contributed by atoms with Gasteiger partial charge in [-0.1, -0.05) is 44.2 Å². The first kappa shape index (κ1) is 22.1. The summed E-state index contributed by atoms with van der Waals surface area (Å²) in [6.45, 7) is 5.14. The molecule has 2 aromatic rings. The van der Waals surface area contributed by atoms with E-state index < -0.39 is 18.1 Å². The number of ether oxygens (including phenoxy) is 2. The number of Topliss-reactive ketones (excluding diaryl/α,β-unsaturated/α-hetero) is 1. The van der Waals surface area contributed by atoms with E-state index in [1.807, 2.05) is 44.2 Å². The topological polar surface area (TPSA) is 81.7 Å². The highest BCUT2D eigenvalue weighted by atomic mass is 16.5. The van der Waals surface area contributed by atoms with Gasteiger partial charge < -0.3 is 14.8 Å². The molecule has 0 aliphatic rings. The maximum atomic E-state index is 12.6. The van der Waals surface area contributed by atoms with E-state index in [0.29, 0.717) is 11.3 Å². The number of carbonyl (C=O) groups excluding carboxylic acids is 3. The van der Waals surface area contributed by atoms with E-state index >= 15 is 0 Å². The van der Waals surface area contributed by atoms with Crippen LogP contribution in [0, 0.1) is 5.92 Å². The second kappa shape index (κ2) is 10.4. The molecule has 0 aliphatic carbocycles. The molecular weight excluding hydrogens is 370 g/mol. The van der Waals surface area contributed by atoms with Gasteiger partial charge in [0.25, 0.3) is 0 Å². The Kier molecular flexibility index (Phi) is 7.95. The fourth-order valence-electron chi connectivity index (χ4n) is 2.79. The van der Waals surface area contributed by atoms with E-state index in [1.165, 1.54) is 6.92 Å².